The fourth-order valence-electron chi connectivity index (χ4n) is 4.52. The second kappa shape index (κ2) is 7.94. The number of pyridine rings is 1. The van der Waals surface area contributed by atoms with E-state index in [1.807, 2.05) is 11.3 Å². The van der Waals surface area contributed by atoms with Gasteiger partial charge in [-0.2, -0.15) is 0 Å². The van der Waals surface area contributed by atoms with Crippen LogP contribution in [0, 0.1) is 12.8 Å². The van der Waals surface area contributed by atoms with Crippen LogP contribution in [0.25, 0.3) is 21.5 Å². The Hall–Kier alpha value is -2.15. The molecule has 152 valence electrons. The molecule has 2 saturated heterocycles. The third-order valence-electron chi connectivity index (χ3n) is 6.19. The van der Waals surface area contributed by atoms with E-state index in [0.717, 1.165) is 57.0 Å². The number of hydrogen-bond donors (Lipinski definition) is 2. The van der Waals surface area contributed by atoms with Crippen molar-refractivity contribution in [2.75, 3.05) is 55.6 Å². The summed E-state index contributed by atoms with van der Waals surface area (Å²) >= 11 is 1.85. The van der Waals surface area contributed by atoms with Crippen molar-refractivity contribution in [1.82, 2.24) is 10.3 Å². The Morgan fingerprint density at radius 3 is 2.62 bits per heavy atom. The molecule has 1 unspecified atom stereocenters. The summed E-state index contributed by atoms with van der Waals surface area (Å²) in [5.41, 5.74) is 11.9. The Balaban J connectivity index is 1.50. The molecule has 1 atom stereocenters. The summed E-state index contributed by atoms with van der Waals surface area (Å²) in [5, 5.41) is 3.42. The van der Waals surface area contributed by atoms with Crippen LogP contribution in [0.15, 0.2) is 36.4 Å². The number of nitrogens with one attached hydrogen (secondary N) is 1. The molecule has 0 amide bonds. The van der Waals surface area contributed by atoms with Crippen molar-refractivity contribution in [2.45, 2.75) is 13.3 Å². The summed E-state index contributed by atoms with van der Waals surface area (Å²) < 4.78 is 1.31. The van der Waals surface area contributed by atoms with Gasteiger partial charge in [0, 0.05) is 55.4 Å². The van der Waals surface area contributed by atoms with Gasteiger partial charge in [-0.05, 0) is 50.1 Å². The average molecular weight is 408 g/mol. The van der Waals surface area contributed by atoms with Crippen molar-refractivity contribution < 1.29 is 0 Å². The van der Waals surface area contributed by atoms with Gasteiger partial charge >= 0.3 is 0 Å². The van der Waals surface area contributed by atoms with Gasteiger partial charge in [0.15, 0.2) is 0 Å². The predicted molar refractivity (Wildman–Crippen MR) is 124 cm³/mol. The van der Waals surface area contributed by atoms with E-state index >= 15 is 0 Å². The molecule has 0 bridgehead atoms. The van der Waals surface area contributed by atoms with E-state index in [2.05, 4.69) is 58.4 Å². The lowest BCUT2D eigenvalue weighted by molar-refractivity contribution is 0.589. The third-order valence-corrected chi connectivity index (χ3v) is 7.25. The van der Waals surface area contributed by atoms with E-state index in [4.69, 9.17) is 10.7 Å². The van der Waals surface area contributed by atoms with Crippen LogP contribution < -0.4 is 20.9 Å². The van der Waals surface area contributed by atoms with Crippen molar-refractivity contribution in [3.63, 3.8) is 0 Å². The van der Waals surface area contributed by atoms with Crippen LogP contribution in [-0.4, -0.2) is 50.8 Å². The number of rotatable bonds is 4. The lowest BCUT2D eigenvalue weighted by Gasteiger charge is -2.29. The minimum atomic E-state index is 0.598. The number of anilines is 2. The Morgan fingerprint density at radius 2 is 1.90 bits per heavy atom. The molecular formula is C23H29N5S. The van der Waals surface area contributed by atoms with Gasteiger partial charge in [0.25, 0.3) is 0 Å². The molecule has 4 heterocycles. The maximum Gasteiger partial charge on any atom is 0.0841 e. The molecular weight excluding hydrogens is 378 g/mol. The van der Waals surface area contributed by atoms with Crippen LogP contribution in [0.5, 0.6) is 0 Å². The van der Waals surface area contributed by atoms with Gasteiger partial charge in [0.1, 0.15) is 0 Å². The average Bonchev–Trinajstić information content (AvgIpc) is 3.39. The monoisotopic (exact) mass is 407 g/mol. The molecule has 0 aliphatic carbocycles. The highest BCUT2D eigenvalue weighted by Gasteiger charge is 2.24. The largest absolute Gasteiger partial charge is 0.370 e. The van der Waals surface area contributed by atoms with Gasteiger partial charge in [-0.1, -0.05) is 12.1 Å². The van der Waals surface area contributed by atoms with E-state index in [1.165, 1.54) is 32.9 Å². The molecule has 2 aromatic heterocycles. The minimum Gasteiger partial charge on any atom is -0.370 e. The smallest absolute Gasteiger partial charge is 0.0841 e. The Morgan fingerprint density at radius 1 is 1.10 bits per heavy atom. The van der Waals surface area contributed by atoms with Gasteiger partial charge in [-0.15, -0.1) is 11.3 Å². The van der Waals surface area contributed by atoms with Crippen LogP contribution in [0.2, 0.25) is 0 Å². The fraction of sp³-hybridized carbons (Fsp3) is 0.435. The highest BCUT2D eigenvalue weighted by atomic mass is 32.1. The van der Waals surface area contributed by atoms with E-state index < -0.39 is 0 Å². The number of piperazine rings is 1. The topological polar surface area (TPSA) is 57.4 Å². The first-order valence-electron chi connectivity index (χ1n) is 10.6. The highest BCUT2D eigenvalue weighted by Crippen LogP contribution is 2.38. The van der Waals surface area contributed by atoms with Crippen LogP contribution in [0.1, 0.15) is 11.3 Å². The van der Waals surface area contributed by atoms with Gasteiger partial charge in [-0.25, -0.2) is 4.98 Å². The number of aromatic nitrogens is 1. The van der Waals surface area contributed by atoms with Crippen molar-refractivity contribution >= 4 is 32.9 Å². The molecule has 29 heavy (non-hydrogen) atoms. The predicted octanol–water partition coefficient (Wildman–Crippen LogP) is 3.47. The summed E-state index contributed by atoms with van der Waals surface area (Å²) in [6.07, 6.45) is 1.18. The first-order valence-corrected chi connectivity index (χ1v) is 11.5. The molecule has 3 N–H and O–H groups in total. The summed E-state index contributed by atoms with van der Waals surface area (Å²) in [6.45, 7) is 9.33. The SMILES string of the molecule is Cc1cc2nc(-c3ccc(N4CCNCC4)cc3)cc(N3CCC(CN)C3)c2s1. The molecule has 2 fully saturated rings. The third kappa shape index (κ3) is 3.72. The molecule has 0 spiro atoms. The van der Waals surface area contributed by atoms with Crippen molar-refractivity contribution in [3.05, 3.63) is 41.3 Å². The Bertz CT molecular complexity index is 990. The summed E-state index contributed by atoms with van der Waals surface area (Å²) in [4.78, 5) is 11.3. The molecule has 2 aliphatic heterocycles. The Labute approximate surface area is 176 Å². The number of nitrogens with zero attached hydrogens (tertiary/aromatic N) is 3. The molecule has 5 nitrogen and oxygen atoms in total. The first kappa shape index (κ1) is 18.9. The summed E-state index contributed by atoms with van der Waals surface area (Å²) in [7, 11) is 0. The normalized spacial score (nSPS) is 20.0. The standard InChI is InChI=1S/C23H29N5S/c1-16-12-21-23(29-16)22(28-9-6-17(14-24)15-28)13-20(26-21)18-2-4-19(5-3-18)27-10-7-25-8-11-27/h2-5,12-13,17,25H,6-11,14-15,24H2,1H3. The lowest BCUT2D eigenvalue weighted by Crippen LogP contribution is -2.43. The summed E-state index contributed by atoms with van der Waals surface area (Å²) in [6, 6.07) is 13.4. The fourth-order valence-corrected chi connectivity index (χ4v) is 5.51. The zero-order valence-electron chi connectivity index (χ0n) is 17.0. The van der Waals surface area contributed by atoms with Crippen LogP contribution in [-0.2, 0) is 0 Å². The van der Waals surface area contributed by atoms with E-state index in [0.29, 0.717) is 5.92 Å². The number of benzene rings is 1. The van der Waals surface area contributed by atoms with Crippen molar-refractivity contribution in [3.8, 4) is 11.3 Å². The van der Waals surface area contributed by atoms with Crippen LogP contribution in [0.3, 0.4) is 0 Å². The maximum atomic E-state index is 5.94. The zero-order valence-corrected chi connectivity index (χ0v) is 17.8. The molecule has 6 heteroatoms. The molecule has 5 rings (SSSR count). The second-order valence-corrected chi connectivity index (χ2v) is 9.47. The van der Waals surface area contributed by atoms with Crippen molar-refractivity contribution in [2.24, 2.45) is 11.7 Å². The van der Waals surface area contributed by atoms with Crippen molar-refractivity contribution in [1.29, 1.82) is 0 Å². The maximum absolute atomic E-state index is 5.94. The first-order chi connectivity index (χ1) is 14.2. The molecule has 3 aromatic rings. The summed E-state index contributed by atoms with van der Waals surface area (Å²) in [5.74, 6) is 0.598. The van der Waals surface area contributed by atoms with Crippen LogP contribution in [0.4, 0.5) is 11.4 Å². The number of nitrogens with two attached hydrogens (primary N) is 1. The molecule has 2 aliphatic rings. The van der Waals surface area contributed by atoms with Crippen LogP contribution >= 0.6 is 11.3 Å². The van der Waals surface area contributed by atoms with E-state index in [9.17, 15) is 0 Å². The zero-order chi connectivity index (χ0) is 19.8. The quantitative estimate of drug-likeness (QED) is 0.694. The van der Waals surface area contributed by atoms with Gasteiger partial charge in [0.2, 0.25) is 0 Å². The number of fused-ring (bicyclic) bond motifs is 1. The van der Waals surface area contributed by atoms with E-state index in [1.54, 1.807) is 0 Å². The van der Waals surface area contributed by atoms with Gasteiger partial charge in [0.05, 0.1) is 21.6 Å². The Kier molecular flexibility index (Phi) is 5.16. The lowest BCUT2D eigenvalue weighted by atomic mass is 10.1. The number of hydrogen-bond acceptors (Lipinski definition) is 6. The molecule has 0 saturated carbocycles. The molecule has 0 radical (unpaired) electrons. The molecule has 1 aromatic carbocycles. The van der Waals surface area contributed by atoms with Gasteiger partial charge in [-0.3, -0.25) is 0 Å². The minimum absolute atomic E-state index is 0.598. The highest BCUT2D eigenvalue weighted by molar-refractivity contribution is 7.19. The van der Waals surface area contributed by atoms with E-state index in [-0.39, 0.29) is 0 Å². The number of aryl methyl sites for hydroxylation is 1. The number of thiophene rings is 1. The second-order valence-electron chi connectivity index (χ2n) is 8.22. The van der Waals surface area contributed by atoms with Gasteiger partial charge < -0.3 is 20.9 Å².